The summed E-state index contributed by atoms with van der Waals surface area (Å²) in [5, 5.41) is 0. The van der Waals surface area contributed by atoms with Crippen molar-refractivity contribution in [1.82, 2.24) is 4.90 Å². The molecule has 0 saturated heterocycles. The molecule has 120 valence electrons. The molecule has 5 heteroatoms. The molecular formula is C17H23NO4. The van der Waals surface area contributed by atoms with Gasteiger partial charge in [-0.3, -0.25) is 4.79 Å². The number of amides is 1. The zero-order chi connectivity index (χ0) is 15.4. The van der Waals surface area contributed by atoms with Gasteiger partial charge in [-0.2, -0.15) is 0 Å². The number of methoxy groups -OCH3 is 1. The highest BCUT2D eigenvalue weighted by atomic mass is 16.5. The van der Waals surface area contributed by atoms with Gasteiger partial charge in [0.1, 0.15) is 11.5 Å². The predicted molar refractivity (Wildman–Crippen MR) is 82.3 cm³/mol. The number of fused-ring (bicyclic) bond motifs is 1. The van der Waals surface area contributed by atoms with Crippen molar-refractivity contribution in [2.24, 2.45) is 0 Å². The molecule has 22 heavy (non-hydrogen) atoms. The third kappa shape index (κ3) is 3.53. The van der Waals surface area contributed by atoms with Crippen LogP contribution in [-0.2, 0) is 22.5 Å². The first-order chi connectivity index (χ1) is 10.8. The van der Waals surface area contributed by atoms with Gasteiger partial charge in [0.05, 0.1) is 13.2 Å². The molecule has 1 saturated carbocycles. The van der Waals surface area contributed by atoms with Gasteiger partial charge >= 0.3 is 0 Å². The SMILES string of the molecule is COCCCOc1cc(CN(C=O)C2CC2)cc2c1CCO2. The minimum Gasteiger partial charge on any atom is -0.493 e. The first-order valence-electron chi connectivity index (χ1n) is 7.93. The maximum atomic E-state index is 11.2. The Hall–Kier alpha value is -1.75. The van der Waals surface area contributed by atoms with Gasteiger partial charge in [-0.25, -0.2) is 0 Å². The molecule has 1 fully saturated rings. The van der Waals surface area contributed by atoms with Gasteiger partial charge in [-0.05, 0) is 30.5 Å². The third-order valence-corrected chi connectivity index (χ3v) is 4.10. The quantitative estimate of drug-likeness (QED) is 0.518. The third-order valence-electron chi connectivity index (χ3n) is 4.10. The summed E-state index contributed by atoms with van der Waals surface area (Å²) in [6.07, 6.45) is 4.92. The Morgan fingerprint density at radius 1 is 1.36 bits per heavy atom. The average Bonchev–Trinajstić information content (AvgIpc) is 3.26. The number of carbonyl (C=O) groups excluding carboxylic acids is 1. The van der Waals surface area contributed by atoms with Gasteiger partial charge < -0.3 is 19.1 Å². The highest BCUT2D eigenvalue weighted by Gasteiger charge is 2.28. The smallest absolute Gasteiger partial charge is 0.210 e. The van der Waals surface area contributed by atoms with Gasteiger partial charge in [-0.1, -0.05) is 0 Å². The lowest BCUT2D eigenvalue weighted by molar-refractivity contribution is -0.119. The Bertz CT molecular complexity index is 528. The molecule has 5 nitrogen and oxygen atoms in total. The Morgan fingerprint density at radius 3 is 2.95 bits per heavy atom. The lowest BCUT2D eigenvalue weighted by Gasteiger charge is -2.18. The topological polar surface area (TPSA) is 48.0 Å². The van der Waals surface area contributed by atoms with Crippen LogP contribution in [0.4, 0.5) is 0 Å². The van der Waals surface area contributed by atoms with E-state index in [1.807, 2.05) is 11.0 Å². The summed E-state index contributed by atoms with van der Waals surface area (Å²) in [4.78, 5) is 13.1. The molecule has 1 amide bonds. The largest absolute Gasteiger partial charge is 0.493 e. The fourth-order valence-corrected chi connectivity index (χ4v) is 2.79. The normalized spacial score (nSPS) is 16.0. The van der Waals surface area contributed by atoms with Gasteiger partial charge in [0.25, 0.3) is 0 Å². The van der Waals surface area contributed by atoms with Crippen LogP contribution in [0.5, 0.6) is 11.5 Å². The number of hydrogen-bond donors (Lipinski definition) is 0. The zero-order valence-electron chi connectivity index (χ0n) is 13.0. The van der Waals surface area contributed by atoms with Crippen molar-refractivity contribution >= 4 is 6.41 Å². The molecule has 1 heterocycles. The molecule has 0 N–H and O–H groups in total. The lowest BCUT2D eigenvalue weighted by Crippen LogP contribution is -2.23. The van der Waals surface area contributed by atoms with Gasteiger partial charge in [0.2, 0.25) is 6.41 Å². The Kier molecular flexibility index (Phi) is 4.83. The molecular weight excluding hydrogens is 282 g/mol. The van der Waals surface area contributed by atoms with Crippen molar-refractivity contribution in [1.29, 1.82) is 0 Å². The summed E-state index contributed by atoms with van der Waals surface area (Å²) in [7, 11) is 1.69. The minimum atomic E-state index is 0.415. The van der Waals surface area contributed by atoms with Gasteiger partial charge in [0, 0.05) is 44.7 Å². The van der Waals surface area contributed by atoms with Gasteiger partial charge in [-0.15, -0.1) is 0 Å². The summed E-state index contributed by atoms with van der Waals surface area (Å²) in [6, 6.07) is 4.51. The van der Waals surface area contributed by atoms with Crippen molar-refractivity contribution in [3.05, 3.63) is 23.3 Å². The van der Waals surface area contributed by atoms with Crippen molar-refractivity contribution in [3.63, 3.8) is 0 Å². The van der Waals surface area contributed by atoms with Crippen LogP contribution in [0.3, 0.4) is 0 Å². The molecule has 1 aromatic carbocycles. The fraction of sp³-hybridized carbons (Fsp3) is 0.588. The van der Waals surface area contributed by atoms with Crippen LogP contribution in [0, 0.1) is 0 Å². The maximum Gasteiger partial charge on any atom is 0.210 e. The second kappa shape index (κ2) is 7.01. The van der Waals surface area contributed by atoms with Crippen molar-refractivity contribution in [2.45, 2.75) is 38.3 Å². The summed E-state index contributed by atoms with van der Waals surface area (Å²) in [6.45, 7) is 2.65. The molecule has 1 aliphatic heterocycles. The summed E-state index contributed by atoms with van der Waals surface area (Å²) in [5.41, 5.74) is 2.21. The maximum absolute atomic E-state index is 11.2. The second-order valence-electron chi connectivity index (χ2n) is 5.87. The van der Waals surface area contributed by atoms with Crippen molar-refractivity contribution in [2.75, 3.05) is 26.9 Å². The molecule has 1 aliphatic carbocycles. The monoisotopic (exact) mass is 305 g/mol. The van der Waals surface area contributed by atoms with Crippen LogP contribution in [0.2, 0.25) is 0 Å². The summed E-state index contributed by atoms with van der Waals surface area (Å²) in [5.74, 6) is 1.80. The standard InChI is InChI=1S/C17H23NO4/c1-20-6-2-7-21-16-9-13(10-17-15(16)5-8-22-17)11-18(12-19)14-3-4-14/h9-10,12,14H,2-8,11H2,1H3. The van der Waals surface area contributed by atoms with Crippen molar-refractivity contribution in [3.8, 4) is 11.5 Å². The van der Waals surface area contributed by atoms with E-state index in [0.29, 0.717) is 32.4 Å². The molecule has 0 spiro atoms. The molecule has 0 bridgehead atoms. The van der Waals surface area contributed by atoms with E-state index in [4.69, 9.17) is 14.2 Å². The molecule has 0 radical (unpaired) electrons. The first kappa shape index (κ1) is 15.2. The number of carbonyl (C=O) groups is 1. The number of ether oxygens (including phenoxy) is 3. The van der Waals surface area contributed by atoms with Crippen LogP contribution >= 0.6 is 0 Å². The first-order valence-corrected chi connectivity index (χ1v) is 7.93. The van der Waals surface area contributed by atoms with E-state index in [-0.39, 0.29) is 0 Å². The van der Waals surface area contributed by atoms with Crippen molar-refractivity contribution < 1.29 is 19.0 Å². The predicted octanol–water partition coefficient (Wildman–Crippen LogP) is 2.16. The van der Waals surface area contributed by atoms with Crippen LogP contribution in [-0.4, -0.2) is 44.3 Å². The van der Waals surface area contributed by atoms with Crippen LogP contribution in [0.1, 0.15) is 30.4 Å². The lowest BCUT2D eigenvalue weighted by atomic mass is 10.1. The molecule has 0 aromatic heterocycles. The van der Waals surface area contributed by atoms with E-state index in [0.717, 1.165) is 54.7 Å². The Labute approximate surface area is 131 Å². The Balaban J connectivity index is 1.71. The summed E-state index contributed by atoms with van der Waals surface area (Å²) >= 11 is 0. The van der Waals surface area contributed by atoms with E-state index in [1.165, 1.54) is 0 Å². The number of rotatable bonds is 9. The Morgan fingerprint density at radius 2 is 2.23 bits per heavy atom. The van der Waals surface area contributed by atoms with Gasteiger partial charge in [0.15, 0.2) is 0 Å². The highest BCUT2D eigenvalue weighted by molar-refractivity contribution is 5.52. The number of nitrogens with zero attached hydrogens (tertiary/aromatic N) is 1. The highest BCUT2D eigenvalue weighted by Crippen LogP contribution is 2.36. The molecule has 0 atom stereocenters. The van der Waals surface area contributed by atoms with E-state index >= 15 is 0 Å². The molecule has 1 aromatic rings. The van der Waals surface area contributed by atoms with Crippen LogP contribution in [0.25, 0.3) is 0 Å². The number of benzene rings is 1. The molecule has 0 unspecified atom stereocenters. The summed E-state index contributed by atoms with van der Waals surface area (Å²) < 4.78 is 16.6. The van der Waals surface area contributed by atoms with E-state index in [2.05, 4.69) is 6.07 Å². The van der Waals surface area contributed by atoms with E-state index in [1.54, 1.807) is 7.11 Å². The molecule has 2 aliphatic rings. The average molecular weight is 305 g/mol. The fourth-order valence-electron chi connectivity index (χ4n) is 2.79. The molecule has 3 rings (SSSR count). The van der Waals surface area contributed by atoms with E-state index in [9.17, 15) is 4.79 Å². The number of hydrogen-bond acceptors (Lipinski definition) is 4. The van der Waals surface area contributed by atoms with Crippen LogP contribution < -0.4 is 9.47 Å². The van der Waals surface area contributed by atoms with Crippen LogP contribution in [0.15, 0.2) is 12.1 Å². The second-order valence-corrected chi connectivity index (χ2v) is 5.87. The van der Waals surface area contributed by atoms with E-state index < -0.39 is 0 Å². The zero-order valence-corrected chi connectivity index (χ0v) is 13.0. The minimum absolute atomic E-state index is 0.415.